The number of benzene rings is 1. The van der Waals surface area contributed by atoms with Crippen LogP contribution in [0.15, 0.2) is 18.2 Å². The van der Waals surface area contributed by atoms with E-state index in [0.717, 1.165) is 0 Å². The van der Waals surface area contributed by atoms with Crippen molar-refractivity contribution in [2.45, 2.75) is 92.2 Å². The number of nitrogens with two attached hydrogens (primary N) is 1. The second-order valence-corrected chi connectivity index (χ2v) is 11.1. The van der Waals surface area contributed by atoms with Crippen molar-refractivity contribution in [1.29, 1.82) is 0 Å². The third-order valence-corrected chi connectivity index (χ3v) is 5.82. The van der Waals surface area contributed by atoms with Gasteiger partial charge in [0.15, 0.2) is 11.5 Å². The van der Waals surface area contributed by atoms with Crippen molar-refractivity contribution in [2.24, 2.45) is 23.5 Å². The zero-order chi connectivity index (χ0) is 30.4. The second-order valence-electron chi connectivity index (χ2n) is 11.1. The Balaban J connectivity index is 3.25. The third-order valence-electron chi connectivity index (χ3n) is 5.82. The molecule has 3 N–H and O–H groups in total. The Kier molecular flexibility index (Phi) is 15.1. The van der Waals surface area contributed by atoms with Gasteiger partial charge in [-0.25, -0.2) is 9.59 Å². The highest BCUT2D eigenvalue weighted by Crippen LogP contribution is 2.35. The Hall–Kier alpha value is -3.34. The average molecular weight is 568 g/mol. The number of ether oxygens (including phenoxy) is 5. The van der Waals surface area contributed by atoms with Gasteiger partial charge in [-0.1, -0.05) is 47.6 Å². The predicted molar refractivity (Wildman–Crippen MR) is 147 cm³/mol. The van der Waals surface area contributed by atoms with Gasteiger partial charge in [-0.2, -0.15) is 0 Å². The Labute approximate surface area is 236 Å². The monoisotopic (exact) mass is 567 g/mol. The van der Waals surface area contributed by atoms with Gasteiger partial charge in [0.1, 0.15) is 6.04 Å². The van der Waals surface area contributed by atoms with Gasteiger partial charge in [0.2, 0.25) is 0 Å². The molecule has 0 spiro atoms. The van der Waals surface area contributed by atoms with Crippen LogP contribution in [-0.4, -0.2) is 54.7 Å². The molecule has 0 aliphatic carbocycles. The van der Waals surface area contributed by atoms with E-state index >= 15 is 0 Å². The maximum absolute atomic E-state index is 12.4. The van der Waals surface area contributed by atoms with Crippen LogP contribution in [0, 0.1) is 17.8 Å². The van der Waals surface area contributed by atoms with Crippen molar-refractivity contribution in [3.8, 4) is 11.5 Å². The van der Waals surface area contributed by atoms with Crippen LogP contribution in [0.3, 0.4) is 0 Å². The number of carbonyl (C=O) groups excluding carboxylic acids is 3. The first-order valence-electron chi connectivity index (χ1n) is 13.7. The minimum absolute atomic E-state index is 0.0764. The first-order valence-corrected chi connectivity index (χ1v) is 13.7. The highest BCUT2D eigenvalue weighted by molar-refractivity contribution is 5.75. The highest BCUT2D eigenvalue weighted by Gasteiger charge is 2.30. The molecule has 0 radical (unpaired) electrons. The van der Waals surface area contributed by atoms with E-state index in [9.17, 15) is 24.3 Å². The molecule has 226 valence electrons. The Morgan fingerprint density at radius 2 is 1.32 bits per heavy atom. The molecule has 0 amide bonds. The fraction of sp³-hybridized carbons (Fsp3) is 0.655. The topological polar surface area (TPSA) is 161 Å². The van der Waals surface area contributed by atoms with Gasteiger partial charge >= 0.3 is 24.2 Å². The molecule has 0 aliphatic heterocycles. The van der Waals surface area contributed by atoms with Crippen LogP contribution >= 0.6 is 0 Å². The van der Waals surface area contributed by atoms with Gasteiger partial charge in [0.25, 0.3) is 0 Å². The number of carboxylic acid groups (broad SMARTS) is 1. The molecule has 0 saturated heterocycles. The molecule has 0 saturated carbocycles. The van der Waals surface area contributed by atoms with Gasteiger partial charge in [0.05, 0.1) is 19.3 Å². The molecule has 1 rings (SSSR count). The van der Waals surface area contributed by atoms with Crippen LogP contribution in [-0.2, 0) is 23.8 Å². The Bertz CT molecular complexity index is 976. The summed E-state index contributed by atoms with van der Waals surface area (Å²) in [6.07, 6.45) is -1.12. The number of carboxylic acids is 1. The summed E-state index contributed by atoms with van der Waals surface area (Å²) in [5.74, 6) is -2.11. The van der Waals surface area contributed by atoms with E-state index in [1.165, 1.54) is 18.2 Å². The van der Waals surface area contributed by atoms with Gasteiger partial charge in [0, 0.05) is 12.3 Å². The number of rotatable bonds is 16. The fourth-order valence-corrected chi connectivity index (χ4v) is 3.59. The zero-order valence-electron chi connectivity index (χ0n) is 24.6. The molecule has 11 nitrogen and oxygen atoms in total. The van der Waals surface area contributed by atoms with Gasteiger partial charge in [-0.3, -0.25) is 9.59 Å². The summed E-state index contributed by atoms with van der Waals surface area (Å²) in [5.41, 5.74) is 6.39. The number of esters is 1. The summed E-state index contributed by atoms with van der Waals surface area (Å²) < 4.78 is 26.3. The lowest BCUT2D eigenvalue weighted by Gasteiger charge is -2.25. The lowest BCUT2D eigenvalue weighted by Crippen LogP contribution is -2.38. The Morgan fingerprint density at radius 3 is 1.80 bits per heavy atom. The average Bonchev–Trinajstić information content (AvgIpc) is 2.82. The number of carbonyl (C=O) groups is 4. The molecular formula is C29H45NO10. The van der Waals surface area contributed by atoms with E-state index in [1.807, 2.05) is 41.5 Å². The van der Waals surface area contributed by atoms with Crippen molar-refractivity contribution in [1.82, 2.24) is 0 Å². The number of hydrogen-bond donors (Lipinski definition) is 2. The molecule has 1 aromatic carbocycles. The van der Waals surface area contributed by atoms with Gasteiger partial charge in [-0.05, 0) is 61.6 Å². The summed E-state index contributed by atoms with van der Waals surface area (Å²) in [6, 6.07) is 2.84. The number of hydrogen-bond acceptors (Lipinski definition) is 10. The molecule has 0 aromatic heterocycles. The van der Waals surface area contributed by atoms with Crippen LogP contribution in [0.5, 0.6) is 11.5 Å². The molecule has 0 aliphatic rings. The van der Waals surface area contributed by atoms with E-state index in [4.69, 9.17) is 29.4 Å². The zero-order valence-corrected chi connectivity index (χ0v) is 24.6. The van der Waals surface area contributed by atoms with Crippen molar-refractivity contribution >= 4 is 24.2 Å². The molecule has 3 atom stereocenters. The SMILES string of the molecule is CC(C)CCOC(=O)Oc1ccc(C(CC(C)OC(=O)CC(C)C)[C@H](N)C(=O)O)cc1OC(=O)OCCC(C)C. The van der Waals surface area contributed by atoms with Crippen LogP contribution in [0.2, 0.25) is 0 Å². The molecule has 0 bridgehead atoms. The largest absolute Gasteiger partial charge is 0.513 e. The Morgan fingerprint density at radius 1 is 0.800 bits per heavy atom. The van der Waals surface area contributed by atoms with Crippen molar-refractivity contribution in [3.05, 3.63) is 23.8 Å². The molecule has 0 heterocycles. The van der Waals surface area contributed by atoms with Crippen molar-refractivity contribution in [3.63, 3.8) is 0 Å². The maximum atomic E-state index is 12.4. The lowest BCUT2D eigenvalue weighted by atomic mass is 9.87. The molecular weight excluding hydrogens is 522 g/mol. The van der Waals surface area contributed by atoms with Gasteiger partial charge in [-0.15, -0.1) is 0 Å². The third kappa shape index (κ3) is 13.6. The van der Waals surface area contributed by atoms with Crippen LogP contribution < -0.4 is 15.2 Å². The summed E-state index contributed by atoms with van der Waals surface area (Å²) in [7, 11) is 0. The van der Waals surface area contributed by atoms with Crippen LogP contribution in [0.4, 0.5) is 9.59 Å². The smallest absolute Gasteiger partial charge is 0.480 e. The first-order chi connectivity index (χ1) is 18.7. The van der Waals surface area contributed by atoms with Crippen LogP contribution in [0.1, 0.15) is 85.6 Å². The minimum Gasteiger partial charge on any atom is -0.480 e. The molecule has 1 aromatic rings. The second kappa shape index (κ2) is 17.4. The minimum atomic E-state index is -1.37. The van der Waals surface area contributed by atoms with E-state index < -0.39 is 42.3 Å². The molecule has 2 unspecified atom stereocenters. The van der Waals surface area contributed by atoms with E-state index in [0.29, 0.717) is 30.2 Å². The number of aliphatic carboxylic acids is 1. The quantitative estimate of drug-likeness (QED) is 0.144. The maximum Gasteiger partial charge on any atom is 0.513 e. The fourth-order valence-electron chi connectivity index (χ4n) is 3.59. The summed E-state index contributed by atoms with van der Waals surface area (Å²) in [5, 5.41) is 9.65. The van der Waals surface area contributed by atoms with E-state index in [1.54, 1.807) is 6.92 Å². The van der Waals surface area contributed by atoms with E-state index in [2.05, 4.69) is 0 Å². The van der Waals surface area contributed by atoms with Gasteiger partial charge < -0.3 is 34.5 Å². The first kappa shape index (κ1) is 34.7. The summed E-state index contributed by atoms with van der Waals surface area (Å²) in [6.45, 7) is 13.6. The molecule has 40 heavy (non-hydrogen) atoms. The summed E-state index contributed by atoms with van der Waals surface area (Å²) in [4.78, 5) is 48.6. The highest BCUT2D eigenvalue weighted by atomic mass is 16.7. The van der Waals surface area contributed by atoms with Crippen LogP contribution in [0.25, 0.3) is 0 Å². The standard InChI is InChI=1S/C29H45NO10/c1-17(2)10-12-36-28(34)39-23-9-8-21(16-24(23)40-29(35)37-13-11-18(3)4)22(26(30)27(32)33)15-20(7)38-25(31)14-19(5)6/h8-9,16-20,22,26H,10-15,30H2,1-7H3,(H,32,33)/t20?,22?,26-/m0/s1. The summed E-state index contributed by atoms with van der Waals surface area (Å²) >= 11 is 0. The molecule has 11 heteroatoms. The van der Waals surface area contributed by atoms with E-state index in [-0.39, 0.29) is 43.5 Å². The lowest BCUT2D eigenvalue weighted by molar-refractivity contribution is -0.149. The van der Waals surface area contributed by atoms with Crippen molar-refractivity contribution < 1.29 is 48.0 Å². The van der Waals surface area contributed by atoms with Crippen molar-refractivity contribution in [2.75, 3.05) is 13.2 Å². The molecule has 0 fully saturated rings. The predicted octanol–water partition coefficient (Wildman–Crippen LogP) is 5.67. The normalized spacial score (nSPS) is 13.5.